The van der Waals surface area contributed by atoms with Gasteiger partial charge >= 0.3 is 0 Å². The smallest absolute Gasteiger partial charge is 0.254 e. The standard InChI is InChI=1S/C25H29N3O3/c1-18-24(19(2)28(26-18)21-10-5-4-6-11-21)16-27(3)25(29)20-9-7-12-22(15-20)31-17-23-13-8-14-30-23/h4-7,9-12,15,23H,8,13-14,16-17H2,1-3H3. The number of aryl methyl sites for hydroxylation is 1. The first kappa shape index (κ1) is 21.1. The van der Waals surface area contributed by atoms with E-state index in [4.69, 9.17) is 9.47 Å². The van der Waals surface area contributed by atoms with Gasteiger partial charge in [-0.1, -0.05) is 24.3 Å². The summed E-state index contributed by atoms with van der Waals surface area (Å²) in [6.07, 6.45) is 2.25. The summed E-state index contributed by atoms with van der Waals surface area (Å²) in [6.45, 7) is 5.84. The summed E-state index contributed by atoms with van der Waals surface area (Å²) in [7, 11) is 1.82. The number of hydrogen-bond acceptors (Lipinski definition) is 4. The van der Waals surface area contributed by atoms with E-state index in [0.717, 1.165) is 42.1 Å². The minimum Gasteiger partial charge on any atom is -0.491 e. The molecule has 0 radical (unpaired) electrons. The van der Waals surface area contributed by atoms with E-state index in [-0.39, 0.29) is 12.0 Å². The summed E-state index contributed by atoms with van der Waals surface area (Å²) in [4.78, 5) is 14.8. The van der Waals surface area contributed by atoms with Crippen molar-refractivity contribution in [3.8, 4) is 11.4 Å². The largest absolute Gasteiger partial charge is 0.491 e. The van der Waals surface area contributed by atoms with Crippen LogP contribution in [0.2, 0.25) is 0 Å². The monoisotopic (exact) mass is 419 g/mol. The van der Waals surface area contributed by atoms with Crippen LogP contribution in [0.15, 0.2) is 54.6 Å². The molecule has 1 atom stereocenters. The molecule has 1 amide bonds. The molecule has 0 N–H and O–H groups in total. The van der Waals surface area contributed by atoms with Crippen LogP contribution < -0.4 is 4.74 Å². The van der Waals surface area contributed by atoms with Gasteiger partial charge in [0.2, 0.25) is 0 Å². The summed E-state index contributed by atoms with van der Waals surface area (Å²) in [5, 5.41) is 4.69. The molecule has 1 aromatic heterocycles. The van der Waals surface area contributed by atoms with Crippen LogP contribution in [-0.4, -0.2) is 47.0 Å². The van der Waals surface area contributed by atoms with Crippen LogP contribution in [0.4, 0.5) is 0 Å². The number of carbonyl (C=O) groups is 1. The van der Waals surface area contributed by atoms with Gasteiger partial charge in [0.25, 0.3) is 5.91 Å². The fourth-order valence-electron chi connectivity index (χ4n) is 3.94. The van der Waals surface area contributed by atoms with E-state index < -0.39 is 0 Å². The predicted molar refractivity (Wildman–Crippen MR) is 120 cm³/mol. The quantitative estimate of drug-likeness (QED) is 0.572. The summed E-state index contributed by atoms with van der Waals surface area (Å²) >= 11 is 0. The minimum absolute atomic E-state index is 0.0474. The van der Waals surface area contributed by atoms with Gasteiger partial charge in [-0.3, -0.25) is 4.79 Å². The van der Waals surface area contributed by atoms with Gasteiger partial charge in [-0.05, 0) is 57.0 Å². The topological polar surface area (TPSA) is 56.6 Å². The molecule has 0 spiro atoms. The van der Waals surface area contributed by atoms with Crippen LogP contribution in [-0.2, 0) is 11.3 Å². The fourth-order valence-corrected chi connectivity index (χ4v) is 3.94. The lowest BCUT2D eigenvalue weighted by molar-refractivity contribution is 0.0678. The van der Waals surface area contributed by atoms with Crippen molar-refractivity contribution in [3.63, 3.8) is 0 Å². The number of para-hydroxylation sites is 1. The number of ether oxygens (including phenoxy) is 2. The van der Waals surface area contributed by atoms with Gasteiger partial charge in [0.15, 0.2) is 0 Å². The Kier molecular flexibility index (Phi) is 6.37. The van der Waals surface area contributed by atoms with Crippen molar-refractivity contribution in [2.24, 2.45) is 0 Å². The van der Waals surface area contributed by atoms with Crippen LogP contribution >= 0.6 is 0 Å². The van der Waals surface area contributed by atoms with E-state index >= 15 is 0 Å². The molecule has 3 aromatic rings. The SMILES string of the molecule is Cc1nn(-c2ccccc2)c(C)c1CN(C)C(=O)c1cccc(OCC2CCCO2)c1. The van der Waals surface area contributed by atoms with Crippen LogP contribution in [0.1, 0.15) is 40.2 Å². The number of aromatic nitrogens is 2. The van der Waals surface area contributed by atoms with Crippen molar-refractivity contribution in [1.29, 1.82) is 0 Å². The highest BCUT2D eigenvalue weighted by Gasteiger charge is 2.19. The van der Waals surface area contributed by atoms with Gasteiger partial charge in [-0.15, -0.1) is 0 Å². The number of benzene rings is 2. The van der Waals surface area contributed by atoms with Crippen molar-refractivity contribution in [3.05, 3.63) is 77.1 Å². The Labute approximate surface area is 183 Å². The molecular weight excluding hydrogens is 390 g/mol. The molecule has 0 saturated carbocycles. The van der Waals surface area contributed by atoms with Gasteiger partial charge in [0, 0.05) is 37.0 Å². The van der Waals surface area contributed by atoms with Crippen LogP contribution in [0.3, 0.4) is 0 Å². The molecule has 162 valence electrons. The third-order valence-electron chi connectivity index (χ3n) is 5.72. The average molecular weight is 420 g/mol. The Hall–Kier alpha value is -3.12. The minimum atomic E-state index is -0.0474. The number of carbonyl (C=O) groups excluding carboxylic acids is 1. The highest BCUT2D eigenvalue weighted by molar-refractivity contribution is 5.94. The molecule has 0 aliphatic carbocycles. The Morgan fingerprint density at radius 1 is 1.19 bits per heavy atom. The first-order valence-corrected chi connectivity index (χ1v) is 10.7. The molecule has 6 nitrogen and oxygen atoms in total. The van der Waals surface area contributed by atoms with Crippen LogP contribution in [0.5, 0.6) is 5.75 Å². The van der Waals surface area contributed by atoms with E-state index in [1.165, 1.54) is 0 Å². The van der Waals surface area contributed by atoms with Gasteiger partial charge in [0.1, 0.15) is 12.4 Å². The molecule has 1 saturated heterocycles. The molecule has 0 bridgehead atoms. The van der Waals surface area contributed by atoms with Gasteiger partial charge in [-0.2, -0.15) is 5.10 Å². The van der Waals surface area contributed by atoms with Crippen molar-refractivity contribution >= 4 is 5.91 Å². The lowest BCUT2D eigenvalue weighted by atomic mass is 10.1. The molecule has 1 unspecified atom stereocenters. The van der Waals surface area contributed by atoms with E-state index in [0.29, 0.717) is 24.5 Å². The number of rotatable bonds is 7. The highest BCUT2D eigenvalue weighted by atomic mass is 16.5. The third kappa shape index (κ3) is 4.80. The number of nitrogens with zero attached hydrogens (tertiary/aromatic N) is 3. The van der Waals surface area contributed by atoms with Crippen molar-refractivity contribution in [2.75, 3.05) is 20.3 Å². The molecular formula is C25H29N3O3. The van der Waals surface area contributed by atoms with Crippen molar-refractivity contribution in [2.45, 2.75) is 39.3 Å². The number of amides is 1. The Balaban J connectivity index is 1.45. The molecule has 6 heteroatoms. The second kappa shape index (κ2) is 9.35. The molecule has 1 fully saturated rings. The third-order valence-corrected chi connectivity index (χ3v) is 5.72. The maximum absolute atomic E-state index is 13.1. The van der Waals surface area contributed by atoms with Gasteiger partial charge in [-0.25, -0.2) is 4.68 Å². The zero-order chi connectivity index (χ0) is 21.8. The van der Waals surface area contributed by atoms with Crippen molar-refractivity contribution in [1.82, 2.24) is 14.7 Å². The second-order valence-electron chi connectivity index (χ2n) is 8.03. The van der Waals surface area contributed by atoms with Gasteiger partial charge < -0.3 is 14.4 Å². The zero-order valence-corrected chi connectivity index (χ0v) is 18.4. The van der Waals surface area contributed by atoms with E-state index in [1.54, 1.807) is 11.0 Å². The lowest BCUT2D eigenvalue weighted by Crippen LogP contribution is -2.26. The predicted octanol–water partition coefficient (Wildman–Crippen LogP) is 4.32. The van der Waals surface area contributed by atoms with E-state index in [9.17, 15) is 4.79 Å². The molecule has 4 rings (SSSR count). The maximum atomic E-state index is 13.1. The van der Waals surface area contributed by atoms with Crippen LogP contribution in [0.25, 0.3) is 5.69 Å². The average Bonchev–Trinajstić information content (AvgIpc) is 3.41. The molecule has 1 aliphatic rings. The highest BCUT2D eigenvalue weighted by Crippen LogP contribution is 2.21. The molecule has 1 aliphatic heterocycles. The molecule has 31 heavy (non-hydrogen) atoms. The summed E-state index contributed by atoms with van der Waals surface area (Å²) < 4.78 is 13.4. The Morgan fingerprint density at radius 2 is 2.00 bits per heavy atom. The fraction of sp³-hybridized carbons (Fsp3) is 0.360. The van der Waals surface area contributed by atoms with Crippen LogP contribution in [0, 0.1) is 13.8 Å². The summed E-state index contributed by atoms with van der Waals surface area (Å²) in [5.41, 5.74) is 4.65. The summed E-state index contributed by atoms with van der Waals surface area (Å²) in [6, 6.07) is 17.4. The lowest BCUT2D eigenvalue weighted by Gasteiger charge is -2.18. The normalized spacial score (nSPS) is 15.8. The summed E-state index contributed by atoms with van der Waals surface area (Å²) in [5.74, 6) is 0.646. The Bertz CT molecular complexity index is 1040. The van der Waals surface area contributed by atoms with Crippen molar-refractivity contribution < 1.29 is 14.3 Å². The zero-order valence-electron chi connectivity index (χ0n) is 18.4. The molecule has 2 heterocycles. The van der Waals surface area contributed by atoms with Gasteiger partial charge in [0.05, 0.1) is 17.5 Å². The van der Waals surface area contributed by atoms with E-state index in [1.807, 2.05) is 74.1 Å². The Morgan fingerprint density at radius 3 is 2.74 bits per heavy atom. The first-order chi connectivity index (χ1) is 15.0. The maximum Gasteiger partial charge on any atom is 0.254 e. The first-order valence-electron chi connectivity index (χ1n) is 10.7. The second-order valence-corrected chi connectivity index (χ2v) is 8.03. The van der Waals surface area contributed by atoms with E-state index in [2.05, 4.69) is 5.10 Å². The molecule has 2 aromatic carbocycles. The number of hydrogen-bond donors (Lipinski definition) is 0.